The highest BCUT2D eigenvalue weighted by Gasteiger charge is 2.49. The van der Waals surface area contributed by atoms with Crippen molar-refractivity contribution in [2.45, 2.75) is 32.6 Å². The quantitative estimate of drug-likeness (QED) is 0.845. The molecule has 25 heavy (non-hydrogen) atoms. The van der Waals surface area contributed by atoms with Crippen LogP contribution in [0.5, 0.6) is 0 Å². The minimum Gasteiger partial charge on any atom is -0.365 e. The minimum absolute atomic E-state index is 0.0419. The van der Waals surface area contributed by atoms with E-state index in [1.54, 1.807) is 0 Å². The molecule has 3 N–H and O–H groups in total. The molecule has 4 nitrogen and oxygen atoms in total. The van der Waals surface area contributed by atoms with Crippen molar-refractivity contribution < 1.29 is 9.59 Å². The van der Waals surface area contributed by atoms with Crippen LogP contribution in [0.2, 0.25) is 0 Å². The van der Waals surface area contributed by atoms with Gasteiger partial charge in [-0.15, -0.1) is 11.3 Å². The summed E-state index contributed by atoms with van der Waals surface area (Å²) in [5.74, 6) is 0.926. The molecule has 2 fully saturated rings. The van der Waals surface area contributed by atoms with Gasteiger partial charge in [0.05, 0.1) is 5.56 Å². The first-order valence-corrected chi connectivity index (χ1v) is 9.67. The van der Waals surface area contributed by atoms with Crippen LogP contribution >= 0.6 is 11.3 Å². The molecule has 4 rings (SSSR count). The van der Waals surface area contributed by atoms with Crippen LogP contribution in [-0.2, 0) is 4.79 Å². The molecular formula is C20H22N2O2S. The number of aryl methyl sites for hydroxylation is 1. The van der Waals surface area contributed by atoms with E-state index in [1.165, 1.54) is 30.6 Å². The molecule has 2 amide bonds. The summed E-state index contributed by atoms with van der Waals surface area (Å²) in [4.78, 5) is 25.7. The summed E-state index contributed by atoms with van der Waals surface area (Å²) in [5, 5.41) is 3.59. The molecule has 2 atom stereocenters. The highest BCUT2D eigenvalue weighted by molar-refractivity contribution is 7.17. The van der Waals surface area contributed by atoms with Crippen molar-refractivity contribution in [3.05, 3.63) is 40.8 Å². The predicted octanol–water partition coefficient (Wildman–Crippen LogP) is 4.20. The van der Waals surface area contributed by atoms with Gasteiger partial charge >= 0.3 is 0 Å². The molecule has 0 bridgehead atoms. The number of primary amides is 1. The van der Waals surface area contributed by atoms with Crippen LogP contribution in [0.1, 0.15) is 40.9 Å². The van der Waals surface area contributed by atoms with E-state index >= 15 is 0 Å². The number of benzene rings is 1. The van der Waals surface area contributed by atoms with Crippen LogP contribution in [0, 0.1) is 24.7 Å². The van der Waals surface area contributed by atoms with Gasteiger partial charge in [0.1, 0.15) is 5.00 Å². The number of hydrogen-bond acceptors (Lipinski definition) is 3. The predicted molar refractivity (Wildman–Crippen MR) is 101 cm³/mol. The lowest BCUT2D eigenvalue weighted by Crippen LogP contribution is -2.21. The summed E-state index contributed by atoms with van der Waals surface area (Å²) < 4.78 is 0. The van der Waals surface area contributed by atoms with Gasteiger partial charge in [-0.3, -0.25) is 9.59 Å². The van der Waals surface area contributed by atoms with Gasteiger partial charge in [-0.2, -0.15) is 0 Å². The van der Waals surface area contributed by atoms with Crippen molar-refractivity contribution in [2.75, 3.05) is 5.32 Å². The van der Waals surface area contributed by atoms with E-state index in [9.17, 15) is 9.59 Å². The van der Waals surface area contributed by atoms with Crippen molar-refractivity contribution in [3.63, 3.8) is 0 Å². The standard InChI is InChI=1S/C20H22N2O2S/c1-11-16(13-6-3-2-4-7-13)17(18(21)23)20(25-11)22-19(24)15-10-14(15)12-8-5-9-12/h2-4,6-7,12,14-15H,5,8-10H2,1H3,(H2,21,23)(H,22,24). The molecule has 2 unspecified atom stereocenters. The van der Waals surface area contributed by atoms with E-state index < -0.39 is 5.91 Å². The normalized spacial score (nSPS) is 22.3. The van der Waals surface area contributed by atoms with Crippen molar-refractivity contribution in [2.24, 2.45) is 23.5 Å². The maximum Gasteiger partial charge on any atom is 0.252 e. The van der Waals surface area contributed by atoms with Crippen LogP contribution in [0.25, 0.3) is 11.1 Å². The molecule has 2 aromatic rings. The zero-order valence-corrected chi connectivity index (χ0v) is 15.1. The number of nitrogens with two attached hydrogens (primary N) is 1. The van der Waals surface area contributed by atoms with Crippen molar-refractivity contribution in [1.29, 1.82) is 0 Å². The Hall–Kier alpha value is -2.14. The summed E-state index contributed by atoms with van der Waals surface area (Å²) in [7, 11) is 0. The molecule has 2 aliphatic carbocycles. The van der Waals surface area contributed by atoms with E-state index in [-0.39, 0.29) is 11.8 Å². The lowest BCUT2D eigenvalue weighted by atomic mass is 9.81. The Morgan fingerprint density at radius 3 is 2.52 bits per heavy atom. The van der Waals surface area contributed by atoms with E-state index in [0.29, 0.717) is 16.5 Å². The van der Waals surface area contributed by atoms with E-state index in [4.69, 9.17) is 5.73 Å². The van der Waals surface area contributed by atoms with Gasteiger partial charge < -0.3 is 11.1 Å². The first-order chi connectivity index (χ1) is 12.1. The molecule has 130 valence electrons. The Labute approximate surface area is 151 Å². The number of rotatable bonds is 5. The third kappa shape index (κ3) is 2.97. The first kappa shape index (κ1) is 16.3. The zero-order valence-electron chi connectivity index (χ0n) is 14.2. The van der Waals surface area contributed by atoms with Gasteiger partial charge in [0, 0.05) is 16.4 Å². The smallest absolute Gasteiger partial charge is 0.252 e. The summed E-state index contributed by atoms with van der Waals surface area (Å²) in [6.07, 6.45) is 4.80. The number of hydrogen-bond donors (Lipinski definition) is 2. The topological polar surface area (TPSA) is 72.2 Å². The number of nitrogens with one attached hydrogen (secondary N) is 1. The maximum atomic E-state index is 12.6. The Balaban J connectivity index is 1.60. The molecule has 2 aliphatic rings. The van der Waals surface area contributed by atoms with E-state index in [1.807, 2.05) is 37.3 Å². The second kappa shape index (κ2) is 6.30. The third-order valence-electron chi connectivity index (χ3n) is 5.56. The monoisotopic (exact) mass is 354 g/mol. The van der Waals surface area contributed by atoms with Crippen LogP contribution in [0.4, 0.5) is 5.00 Å². The van der Waals surface area contributed by atoms with Crippen LogP contribution < -0.4 is 11.1 Å². The molecule has 1 heterocycles. The molecule has 0 spiro atoms. The van der Waals surface area contributed by atoms with E-state index in [2.05, 4.69) is 5.32 Å². The van der Waals surface area contributed by atoms with Crippen LogP contribution in [0.15, 0.2) is 30.3 Å². The Kier molecular flexibility index (Phi) is 4.12. The Morgan fingerprint density at radius 2 is 1.92 bits per heavy atom. The van der Waals surface area contributed by atoms with Gasteiger partial charge in [0.15, 0.2) is 0 Å². The number of carbonyl (C=O) groups excluding carboxylic acids is 2. The number of anilines is 1. The summed E-state index contributed by atoms with van der Waals surface area (Å²) in [5.41, 5.74) is 7.87. The lowest BCUT2D eigenvalue weighted by molar-refractivity contribution is -0.117. The van der Waals surface area contributed by atoms with Gasteiger partial charge in [-0.1, -0.05) is 49.6 Å². The third-order valence-corrected chi connectivity index (χ3v) is 6.58. The average Bonchev–Trinajstić information content (AvgIpc) is 3.23. The fourth-order valence-corrected chi connectivity index (χ4v) is 5.01. The van der Waals surface area contributed by atoms with Gasteiger partial charge in [-0.05, 0) is 30.7 Å². The highest BCUT2D eigenvalue weighted by atomic mass is 32.1. The minimum atomic E-state index is -0.496. The number of thiophene rings is 1. The van der Waals surface area contributed by atoms with Crippen molar-refractivity contribution >= 4 is 28.2 Å². The largest absolute Gasteiger partial charge is 0.365 e. The fraction of sp³-hybridized carbons (Fsp3) is 0.400. The van der Waals surface area contributed by atoms with Crippen LogP contribution in [-0.4, -0.2) is 11.8 Å². The molecular weight excluding hydrogens is 332 g/mol. The van der Waals surface area contributed by atoms with Gasteiger partial charge in [0.2, 0.25) is 5.91 Å². The molecule has 5 heteroatoms. The SMILES string of the molecule is Cc1sc(NC(=O)C2CC2C2CCC2)c(C(N)=O)c1-c1ccccc1. The van der Waals surface area contributed by atoms with Crippen molar-refractivity contribution in [1.82, 2.24) is 0 Å². The molecule has 0 radical (unpaired) electrons. The fourth-order valence-electron chi connectivity index (χ4n) is 3.93. The summed E-state index contributed by atoms with van der Waals surface area (Å²) in [6, 6.07) is 9.72. The number of carbonyl (C=O) groups is 2. The molecule has 0 saturated heterocycles. The Morgan fingerprint density at radius 1 is 1.20 bits per heavy atom. The second-order valence-electron chi connectivity index (χ2n) is 7.15. The second-order valence-corrected chi connectivity index (χ2v) is 8.38. The van der Waals surface area contributed by atoms with Gasteiger partial charge in [-0.25, -0.2) is 0 Å². The van der Waals surface area contributed by atoms with E-state index in [0.717, 1.165) is 28.3 Å². The summed E-state index contributed by atoms with van der Waals surface area (Å²) in [6.45, 7) is 1.96. The molecule has 1 aromatic carbocycles. The molecule has 1 aromatic heterocycles. The highest BCUT2D eigenvalue weighted by Crippen LogP contribution is 2.52. The molecule has 2 saturated carbocycles. The zero-order chi connectivity index (χ0) is 17.6. The van der Waals surface area contributed by atoms with Crippen LogP contribution in [0.3, 0.4) is 0 Å². The first-order valence-electron chi connectivity index (χ1n) is 8.85. The Bertz CT molecular complexity index is 824. The van der Waals surface area contributed by atoms with Crippen molar-refractivity contribution in [3.8, 4) is 11.1 Å². The maximum absolute atomic E-state index is 12.6. The average molecular weight is 354 g/mol. The lowest BCUT2D eigenvalue weighted by Gasteiger charge is -2.25. The van der Waals surface area contributed by atoms with Gasteiger partial charge in [0.25, 0.3) is 5.91 Å². The molecule has 0 aliphatic heterocycles. The summed E-state index contributed by atoms with van der Waals surface area (Å²) >= 11 is 1.43. The number of amides is 2.